The third-order valence-electron chi connectivity index (χ3n) is 3.47. The van der Waals surface area contributed by atoms with Crippen LogP contribution in [0.4, 0.5) is 10.1 Å². The minimum Gasteiger partial charge on any atom is -0.352 e. The summed E-state index contributed by atoms with van der Waals surface area (Å²) in [6.07, 6.45) is 4.47. The number of nitrogens with zero attached hydrogens (tertiary/aromatic N) is 1. The minimum atomic E-state index is -0.744. The SMILES string of the molecule is O=C(NCCC1CCC1)c1cc([N+](=O)[O-])ccc1F. The van der Waals surface area contributed by atoms with Crippen LogP contribution in [0.3, 0.4) is 0 Å². The van der Waals surface area contributed by atoms with Crippen molar-refractivity contribution in [3.63, 3.8) is 0 Å². The van der Waals surface area contributed by atoms with E-state index in [4.69, 9.17) is 0 Å². The van der Waals surface area contributed by atoms with Gasteiger partial charge >= 0.3 is 0 Å². The second-order valence-corrected chi connectivity index (χ2v) is 4.76. The van der Waals surface area contributed by atoms with Gasteiger partial charge in [0.25, 0.3) is 11.6 Å². The summed E-state index contributed by atoms with van der Waals surface area (Å²) in [5, 5.41) is 13.2. The Morgan fingerprint density at radius 3 is 2.79 bits per heavy atom. The van der Waals surface area contributed by atoms with E-state index in [9.17, 15) is 19.3 Å². The van der Waals surface area contributed by atoms with Gasteiger partial charge in [0.1, 0.15) is 5.82 Å². The van der Waals surface area contributed by atoms with Gasteiger partial charge in [0.15, 0.2) is 0 Å². The van der Waals surface area contributed by atoms with Gasteiger partial charge in [-0.15, -0.1) is 0 Å². The van der Waals surface area contributed by atoms with Crippen LogP contribution in [0.2, 0.25) is 0 Å². The molecule has 1 aliphatic carbocycles. The number of nitro benzene ring substituents is 1. The molecule has 0 spiro atoms. The molecule has 1 N–H and O–H groups in total. The number of hydrogen-bond donors (Lipinski definition) is 1. The summed E-state index contributed by atoms with van der Waals surface area (Å²) in [5.41, 5.74) is -0.562. The lowest BCUT2D eigenvalue weighted by Crippen LogP contribution is -2.28. The van der Waals surface area contributed by atoms with Crippen LogP contribution in [-0.4, -0.2) is 17.4 Å². The number of halogens is 1. The fourth-order valence-corrected chi connectivity index (χ4v) is 2.07. The Morgan fingerprint density at radius 2 is 2.21 bits per heavy atom. The summed E-state index contributed by atoms with van der Waals surface area (Å²) in [4.78, 5) is 21.7. The fourth-order valence-electron chi connectivity index (χ4n) is 2.07. The van der Waals surface area contributed by atoms with E-state index >= 15 is 0 Å². The largest absolute Gasteiger partial charge is 0.352 e. The number of amides is 1. The molecule has 1 aromatic rings. The Kier molecular flexibility index (Phi) is 4.09. The standard InChI is InChI=1S/C13H15FN2O3/c14-12-5-4-10(16(18)19)8-11(12)13(17)15-7-6-9-2-1-3-9/h4-5,8-9H,1-3,6-7H2,(H,15,17). The molecule has 19 heavy (non-hydrogen) atoms. The maximum absolute atomic E-state index is 13.5. The van der Waals surface area contributed by atoms with Gasteiger partial charge in [0, 0.05) is 18.7 Å². The molecule has 1 aliphatic rings. The monoisotopic (exact) mass is 266 g/mol. The van der Waals surface area contributed by atoms with Crippen molar-refractivity contribution in [1.82, 2.24) is 5.32 Å². The first-order chi connectivity index (χ1) is 9.08. The number of benzene rings is 1. The summed E-state index contributed by atoms with van der Waals surface area (Å²) in [6, 6.07) is 2.95. The molecule has 0 aromatic heterocycles. The third-order valence-corrected chi connectivity index (χ3v) is 3.47. The number of carbonyl (C=O) groups is 1. The Balaban J connectivity index is 1.96. The topological polar surface area (TPSA) is 72.2 Å². The summed E-state index contributed by atoms with van der Waals surface area (Å²) < 4.78 is 13.5. The maximum Gasteiger partial charge on any atom is 0.270 e. The molecular formula is C13H15FN2O3. The zero-order valence-corrected chi connectivity index (χ0v) is 10.4. The van der Waals surface area contributed by atoms with Crippen LogP contribution in [-0.2, 0) is 0 Å². The van der Waals surface area contributed by atoms with Crippen molar-refractivity contribution >= 4 is 11.6 Å². The molecule has 1 amide bonds. The lowest BCUT2D eigenvalue weighted by Gasteiger charge is -2.25. The quantitative estimate of drug-likeness (QED) is 0.657. The van der Waals surface area contributed by atoms with Crippen LogP contribution in [0.15, 0.2) is 18.2 Å². The van der Waals surface area contributed by atoms with Crippen LogP contribution >= 0.6 is 0 Å². The third kappa shape index (κ3) is 3.27. The van der Waals surface area contributed by atoms with Crippen LogP contribution in [0.1, 0.15) is 36.0 Å². The van der Waals surface area contributed by atoms with Crippen molar-refractivity contribution in [3.8, 4) is 0 Å². The Hall–Kier alpha value is -1.98. The second-order valence-electron chi connectivity index (χ2n) is 4.76. The lowest BCUT2D eigenvalue weighted by molar-refractivity contribution is -0.384. The molecule has 1 saturated carbocycles. The molecule has 0 atom stereocenters. The van der Waals surface area contributed by atoms with Crippen molar-refractivity contribution in [2.75, 3.05) is 6.54 Å². The first-order valence-corrected chi connectivity index (χ1v) is 6.30. The van der Waals surface area contributed by atoms with Gasteiger partial charge in [-0.3, -0.25) is 14.9 Å². The summed E-state index contributed by atoms with van der Waals surface area (Å²) >= 11 is 0. The molecule has 0 unspecified atom stereocenters. The Labute approximate surface area is 110 Å². The lowest BCUT2D eigenvalue weighted by atomic mass is 9.83. The molecule has 5 nitrogen and oxygen atoms in total. The minimum absolute atomic E-state index is 0.275. The molecule has 0 heterocycles. The smallest absolute Gasteiger partial charge is 0.270 e. The number of nitrogens with one attached hydrogen (secondary N) is 1. The maximum atomic E-state index is 13.5. The van der Waals surface area contributed by atoms with Crippen molar-refractivity contribution in [1.29, 1.82) is 0 Å². The Morgan fingerprint density at radius 1 is 1.47 bits per heavy atom. The van der Waals surface area contributed by atoms with E-state index in [2.05, 4.69) is 5.32 Å². The normalized spacial score (nSPS) is 14.8. The Bertz CT molecular complexity index is 501. The van der Waals surface area contributed by atoms with Crippen LogP contribution in [0.5, 0.6) is 0 Å². The number of hydrogen-bond acceptors (Lipinski definition) is 3. The average molecular weight is 266 g/mol. The highest BCUT2D eigenvalue weighted by atomic mass is 19.1. The van der Waals surface area contributed by atoms with Gasteiger partial charge in [0.2, 0.25) is 0 Å². The molecule has 0 saturated heterocycles. The van der Waals surface area contributed by atoms with E-state index in [0.717, 1.165) is 24.6 Å². The molecule has 6 heteroatoms. The predicted molar refractivity (Wildman–Crippen MR) is 67.3 cm³/mol. The number of carbonyl (C=O) groups excluding carboxylic acids is 1. The van der Waals surface area contributed by atoms with E-state index in [1.54, 1.807) is 0 Å². The van der Waals surface area contributed by atoms with Crippen LogP contribution in [0.25, 0.3) is 0 Å². The molecule has 1 fully saturated rings. The van der Waals surface area contributed by atoms with Crippen LogP contribution < -0.4 is 5.32 Å². The van der Waals surface area contributed by atoms with Crippen molar-refractivity contribution < 1.29 is 14.1 Å². The molecule has 0 bridgehead atoms. The highest BCUT2D eigenvalue weighted by molar-refractivity contribution is 5.95. The van der Waals surface area contributed by atoms with Gasteiger partial charge in [-0.1, -0.05) is 19.3 Å². The first kappa shape index (κ1) is 13.5. The molecule has 0 radical (unpaired) electrons. The van der Waals surface area contributed by atoms with E-state index < -0.39 is 16.6 Å². The van der Waals surface area contributed by atoms with E-state index in [1.165, 1.54) is 19.3 Å². The summed E-state index contributed by atoms with van der Waals surface area (Å²) in [7, 11) is 0. The zero-order valence-electron chi connectivity index (χ0n) is 10.4. The number of non-ortho nitro benzene ring substituents is 1. The highest BCUT2D eigenvalue weighted by Crippen LogP contribution is 2.28. The average Bonchev–Trinajstić information content (AvgIpc) is 2.32. The highest BCUT2D eigenvalue weighted by Gasteiger charge is 2.19. The molecule has 2 rings (SSSR count). The molecular weight excluding hydrogens is 251 g/mol. The number of rotatable bonds is 5. The predicted octanol–water partition coefficient (Wildman–Crippen LogP) is 2.65. The van der Waals surface area contributed by atoms with E-state index in [-0.39, 0.29) is 11.3 Å². The molecule has 102 valence electrons. The van der Waals surface area contributed by atoms with Gasteiger partial charge in [0.05, 0.1) is 10.5 Å². The summed E-state index contributed by atoms with van der Waals surface area (Å²) in [5.74, 6) is -0.692. The van der Waals surface area contributed by atoms with Gasteiger partial charge in [-0.25, -0.2) is 4.39 Å². The van der Waals surface area contributed by atoms with Crippen molar-refractivity contribution in [3.05, 3.63) is 39.7 Å². The number of nitro groups is 1. The van der Waals surface area contributed by atoms with Crippen molar-refractivity contribution in [2.24, 2.45) is 5.92 Å². The van der Waals surface area contributed by atoms with Crippen molar-refractivity contribution in [2.45, 2.75) is 25.7 Å². The van der Waals surface area contributed by atoms with Gasteiger partial charge in [-0.05, 0) is 18.4 Å². The van der Waals surface area contributed by atoms with Crippen LogP contribution in [0, 0.1) is 21.8 Å². The van der Waals surface area contributed by atoms with Gasteiger partial charge in [-0.2, -0.15) is 0 Å². The molecule has 1 aromatic carbocycles. The summed E-state index contributed by atoms with van der Waals surface area (Å²) in [6.45, 7) is 0.478. The fraction of sp³-hybridized carbons (Fsp3) is 0.462. The first-order valence-electron chi connectivity index (χ1n) is 6.30. The molecule has 0 aliphatic heterocycles. The van der Waals surface area contributed by atoms with E-state index in [1.807, 2.05) is 0 Å². The second kappa shape index (κ2) is 5.77. The van der Waals surface area contributed by atoms with E-state index in [0.29, 0.717) is 12.5 Å². The zero-order chi connectivity index (χ0) is 13.8. The van der Waals surface area contributed by atoms with Gasteiger partial charge < -0.3 is 5.32 Å².